The van der Waals surface area contributed by atoms with E-state index in [1.54, 1.807) is 0 Å². The Morgan fingerprint density at radius 3 is 2.08 bits per heavy atom. The van der Waals surface area contributed by atoms with Crippen LogP contribution in [0.3, 0.4) is 0 Å². The zero-order valence-electron chi connectivity index (χ0n) is 19.9. The topological polar surface area (TPSA) is 68.7 Å². The Bertz CT molecular complexity index is 1200. The number of hydrogen-bond donors (Lipinski definition) is 2. The van der Waals surface area contributed by atoms with Gasteiger partial charge in [-0.05, 0) is 68.5 Å². The lowest BCUT2D eigenvalue weighted by Crippen LogP contribution is -2.51. The number of aliphatic imine (C=N–C) groups is 1. The number of nitrogens with zero attached hydrogens (tertiary/aromatic N) is 5. The molecule has 1 fully saturated rings. The van der Waals surface area contributed by atoms with Crippen LogP contribution in [-0.2, 0) is 6.18 Å². The first-order valence-corrected chi connectivity index (χ1v) is 11.8. The van der Waals surface area contributed by atoms with E-state index in [4.69, 9.17) is 12.2 Å². The molecule has 188 valence electrons. The number of guanidine groups is 1. The molecule has 0 radical (unpaired) electrons. The van der Waals surface area contributed by atoms with Crippen LogP contribution in [-0.4, -0.2) is 52.1 Å². The fraction of sp³-hybridized carbons (Fsp3) is 0.280. The molecule has 0 aliphatic carbocycles. The van der Waals surface area contributed by atoms with Crippen molar-refractivity contribution in [2.45, 2.75) is 20.0 Å². The van der Waals surface area contributed by atoms with Crippen molar-refractivity contribution in [3.63, 3.8) is 0 Å². The van der Waals surface area contributed by atoms with Crippen LogP contribution < -0.4 is 15.5 Å². The average Bonchev–Trinajstić information content (AvgIpc) is 2.83. The maximum Gasteiger partial charge on any atom is 0.416 e. The van der Waals surface area contributed by atoms with Crippen LogP contribution in [0, 0.1) is 13.8 Å². The number of benzene rings is 2. The van der Waals surface area contributed by atoms with Gasteiger partial charge in [0.05, 0.1) is 5.56 Å². The molecular formula is C25H26F3N7S. The SMILES string of the molecule is Cc1cc(C)nc(N/C(=N/C(=S)Nc2ccc(C(F)(F)F)cc2)N2CCN(c3ccccc3)CC2)n1. The van der Waals surface area contributed by atoms with Crippen molar-refractivity contribution in [1.82, 2.24) is 14.9 Å². The third kappa shape index (κ3) is 6.69. The normalized spacial score (nSPS) is 14.5. The molecule has 0 unspecified atom stereocenters. The summed E-state index contributed by atoms with van der Waals surface area (Å²) >= 11 is 5.42. The van der Waals surface area contributed by atoms with Gasteiger partial charge in [0.15, 0.2) is 0 Å². The maximum absolute atomic E-state index is 12.9. The summed E-state index contributed by atoms with van der Waals surface area (Å²) in [5, 5.41) is 6.19. The summed E-state index contributed by atoms with van der Waals surface area (Å²) in [6.45, 7) is 6.66. The summed E-state index contributed by atoms with van der Waals surface area (Å²) in [7, 11) is 0. The van der Waals surface area contributed by atoms with E-state index in [0.29, 0.717) is 30.7 Å². The second kappa shape index (κ2) is 10.9. The number of para-hydroxylation sites is 1. The second-order valence-electron chi connectivity index (χ2n) is 8.35. The van der Waals surface area contributed by atoms with E-state index >= 15 is 0 Å². The van der Waals surface area contributed by atoms with Gasteiger partial charge in [-0.25, -0.2) is 9.97 Å². The van der Waals surface area contributed by atoms with E-state index in [1.165, 1.54) is 12.1 Å². The monoisotopic (exact) mass is 513 g/mol. The highest BCUT2D eigenvalue weighted by molar-refractivity contribution is 7.80. The number of aryl methyl sites for hydroxylation is 2. The summed E-state index contributed by atoms with van der Waals surface area (Å²) in [5.41, 5.74) is 2.45. The molecule has 4 rings (SSSR count). The van der Waals surface area contributed by atoms with Crippen LogP contribution in [0.1, 0.15) is 17.0 Å². The first kappa shape index (κ1) is 25.4. The molecule has 2 aromatic carbocycles. The maximum atomic E-state index is 12.9. The fourth-order valence-corrected chi connectivity index (χ4v) is 4.07. The molecule has 7 nitrogen and oxygen atoms in total. The third-order valence-corrected chi connectivity index (χ3v) is 5.77. The van der Waals surface area contributed by atoms with E-state index < -0.39 is 11.7 Å². The Kier molecular flexibility index (Phi) is 7.68. The van der Waals surface area contributed by atoms with E-state index in [9.17, 15) is 13.2 Å². The van der Waals surface area contributed by atoms with Crippen molar-refractivity contribution < 1.29 is 13.2 Å². The van der Waals surface area contributed by atoms with Crippen LogP contribution in [0.15, 0.2) is 65.7 Å². The van der Waals surface area contributed by atoms with Gasteiger partial charge in [0.1, 0.15) is 0 Å². The summed E-state index contributed by atoms with van der Waals surface area (Å²) in [5.74, 6) is 0.867. The minimum atomic E-state index is -4.40. The van der Waals surface area contributed by atoms with E-state index in [2.05, 4.69) is 47.5 Å². The Morgan fingerprint density at radius 2 is 1.50 bits per heavy atom. The molecule has 0 amide bonds. The molecule has 2 heterocycles. The zero-order valence-corrected chi connectivity index (χ0v) is 20.7. The predicted octanol–water partition coefficient (Wildman–Crippen LogP) is 5.10. The minimum Gasteiger partial charge on any atom is -0.368 e. The van der Waals surface area contributed by atoms with Crippen LogP contribution >= 0.6 is 12.2 Å². The molecule has 0 atom stereocenters. The molecular weight excluding hydrogens is 487 g/mol. The number of rotatable bonds is 3. The minimum absolute atomic E-state index is 0.104. The fourth-order valence-electron chi connectivity index (χ4n) is 3.86. The molecule has 1 aromatic heterocycles. The second-order valence-corrected chi connectivity index (χ2v) is 8.74. The number of piperazine rings is 1. The van der Waals surface area contributed by atoms with Gasteiger partial charge >= 0.3 is 6.18 Å². The number of nitrogens with one attached hydrogen (secondary N) is 2. The van der Waals surface area contributed by atoms with Crippen molar-refractivity contribution in [3.05, 3.63) is 77.6 Å². The van der Waals surface area contributed by atoms with Crippen LogP contribution in [0.25, 0.3) is 0 Å². The number of halogens is 3. The third-order valence-electron chi connectivity index (χ3n) is 5.58. The molecule has 0 spiro atoms. The highest BCUT2D eigenvalue weighted by Gasteiger charge is 2.30. The van der Waals surface area contributed by atoms with Gasteiger partial charge in [-0.3, -0.25) is 5.32 Å². The molecule has 0 bridgehead atoms. The number of hydrogen-bond acceptors (Lipinski definition) is 4. The molecule has 3 aromatic rings. The standard InChI is InChI=1S/C25H26F3N7S/c1-17-16-18(2)30-22(29-17)32-23(35-14-12-34(13-15-35)21-6-4-3-5-7-21)33-24(36)31-20-10-8-19(9-11-20)25(26,27)28/h3-11,16H,12-15H2,1-2H3,(H2,29,30,31,32,33,36). The smallest absolute Gasteiger partial charge is 0.368 e. The molecule has 11 heteroatoms. The Labute approximate surface area is 213 Å². The lowest BCUT2D eigenvalue weighted by Gasteiger charge is -2.37. The summed E-state index contributed by atoms with van der Waals surface area (Å²) in [4.78, 5) is 17.8. The van der Waals surface area contributed by atoms with E-state index in [-0.39, 0.29) is 5.11 Å². The van der Waals surface area contributed by atoms with Gasteiger partial charge in [0.2, 0.25) is 17.0 Å². The van der Waals surface area contributed by atoms with Gasteiger partial charge in [-0.15, -0.1) is 0 Å². The Morgan fingerprint density at radius 1 is 0.889 bits per heavy atom. The van der Waals surface area contributed by atoms with Gasteiger partial charge < -0.3 is 15.1 Å². The quantitative estimate of drug-likeness (QED) is 0.287. The zero-order chi connectivity index (χ0) is 25.7. The average molecular weight is 514 g/mol. The highest BCUT2D eigenvalue weighted by Crippen LogP contribution is 2.29. The Hall–Kier alpha value is -3.73. The van der Waals surface area contributed by atoms with E-state index in [1.807, 2.05) is 38.1 Å². The first-order chi connectivity index (χ1) is 17.2. The number of alkyl halides is 3. The highest BCUT2D eigenvalue weighted by atomic mass is 32.1. The van der Waals surface area contributed by atoms with Crippen molar-refractivity contribution in [2.75, 3.05) is 41.7 Å². The van der Waals surface area contributed by atoms with Crippen LogP contribution in [0.2, 0.25) is 0 Å². The number of thiocarbonyl (C=S) groups is 1. The molecule has 0 saturated carbocycles. The summed E-state index contributed by atoms with van der Waals surface area (Å²) in [6, 6.07) is 16.7. The van der Waals surface area contributed by atoms with Crippen molar-refractivity contribution in [1.29, 1.82) is 0 Å². The molecule has 1 saturated heterocycles. The molecule has 2 N–H and O–H groups in total. The number of anilines is 3. The largest absolute Gasteiger partial charge is 0.416 e. The van der Waals surface area contributed by atoms with E-state index in [0.717, 1.165) is 42.3 Å². The first-order valence-electron chi connectivity index (χ1n) is 11.4. The van der Waals surface area contributed by atoms with Gasteiger partial charge in [0, 0.05) is 48.9 Å². The molecule has 36 heavy (non-hydrogen) atoms. The van der Waals surface area contributed by atoms with Crippen molar-refractivity contribution >= 4 is 40.6 Å². The Balaban J connectivity index is 1.52. The number of aromatic nitrogens is 2. The van der Waals surface area contributed by atoms with Crippen LogP contribution in [0.5, 0.6) is 0 Å². The van der Waals surface area contributed by atoms with Gasteiger partial charge in [-0.2, -0.15) is 18.2 Å². The lowest BCUT2D eigenvalue weighted by molar-refractivity contribution is -0.137. The molecule has 1 aliphatic rings. The van der Waals surface area contributed by atoms with Crippen LogP contribution in [0.4, 0.5) is 30.5 Å². The lowest BCUT2D eigenvalue weighted by atomic mass is 10.2. The van der Waals surface area contributed by atoms with Crippen molar-refractivity contribution in [2.24, 2.45) is 4.99 Å². The summed E-state index contributed by atoms with van der Waals surface area (Å²) < 4.78 is 38.6. The predicted molar refractivity (Wildman–Crippen MR) is 140 cm³/mol. The van der Waals surface area contributed by atoms with Gasteiger partial charge in [0.25, 0.3) is 0 Å². The van der Waals surface area contributed by atoms with Gasteiger partial charge in [-0.1, -0.05) is 18.2 Å². The molecule has 1 aliphatic heterocycles. The summed E-state index contributed by atoms with van der Waals surface area (Å²) in [6.07, 6.45) is -4.40. The van der Waals surface area contributed by atoms with Crippen molar-refractivity contribution in [3.8, 4) is 0 Å².